The molecule has 55 heavy (non-hydrogen) atoms. The lowest BCUT2D eigenvalue weighted by molar-refractivity contribution is -0.162. The van der Waals surface area contributed by atoms with Crippen molar-refractivity contribution in [2.24, 2.45) is 0 Å². The fraction of sp³-hybridized carbons (Fsp3) is 0.769. The first-order chi connectivity index (χ1) is 25.4. The molecule has 0 bridgehead atoms. The number of carbonyl (C=O) groups is 5. The highest BCUT2D eigenvalue weighted by atomic mass is 16.7. The molecule has 0 amide bonds. The maximum atomic E-state index is 13.6. The average Bonchev–Trinajstić information content (AvgIpc) is 3.33. The number of rotatable bonds is 21. The van der Waals surface area contributed by atoms with Gasteiger partial charge in [0.25, 0.3) is 12.9 Å². The van der Waals surface area contributed by atoms with E-state index in [4.69, 9.17) is 23.8 Å². The number of carbonyl (C=O) groups excluding carboxylic acids is 5. The highest BCUT2D eigenvalue weighted by Crippen LogP contribution is 2.33. The van der Waals surface area contributed by atoms with Crippen molar-refractivity contribution in [3.05, 3.63) is 12.1 Å². The zero-order valence-corrected chi connectivity index (χ0v) is 34.7. The van der Waals surface area contributed by atoms with Crippen LogP contribution in [0.1, 0.15) is 114 Å². The monoisotopic (exact) mass is 782 g/mol. The van der Waals surface area contributed by atoms with Gasteiger partial charge in [-0.3, -0.25) is 29.0 Å². The quantitative estimate of drug-likeness (QED) is 0.0793. The third kappa shape index (κ3) is 17.6. The van der Waals surface area contributed by atoms with Crippen LogP contribution in [0.15, 0.2) is 12.1 Å². The molecule has 1 aromatic heterocycles. The van der Waals surface area contributed by atoms with Crippen molar-refractivity contribution >= 4 is 30.9 Å². The second kappa shape index (κ2) is 20.3. The van der Waals surface area contributed by atoms with Crippen molar-refractivity contribution < 1.29 is 58.0 Å². The summed E-state index contributed by atoms with van der Waals surface area (Å²) in [6.45, 7) is 21.9. The Morgan fingerprint density at radius 3 is 1.87 bits per heavy atom. The van der Waals surface area contributed by atoms with Gasteiger partial charge in [0.05, 0.1) is 13.1 Å². The van der Waals surface area contributed by atoms with E-state index in [9.17, 15) is 34.2 Å². The van der Waals surface area contributed by atoms with Crippen molar-refractivity contribution in [2.45, 2.75) is 142 Å². The van der Waals surface area contributed by atoms with Gasteiger partial charge in [0, 0.05) is 56.8 Å². The summed E-state index contributed by atoms with van der Waals surface area (Å²) >= 11 is 0. The summed E-state index contributed by atoms with van der Waals surface area (Å²) in [7, 11) is 0. The van der Waals surface area contributed by atoms with Gasteiger partial charge < -0.3 is 38.9 Å². The van der Waals surface area contributed by atoms with Gasteiger partial charge in [-0.25, -0.2) is 4.79 Å². The van der Waals surface area contributed by atoms with Crippen LogP contribution in [0, 0.1) is 0 Å². The molecule has 1 aromatic rings. The molecule has 2 N–H and O–H groups in total. The molecule has 0 aliphatic carbocycles. The van der Waals surface area contributed by atoms with Crippen LogP contribution >= 0.6 is 0 Å². The van der Waals surface area contributed by atoms with Crippen LogP contribution in [0.5, 0.6) is 11.8 Å². The smallest absolute Gasteiger partial charge is 0.333 e. The van der Waals surface area contributed by atoms with E-state index in [0.717, 1.165) is 0 Å². The summed E-state index contributed by atoms with van der Waals surface area (Å²) in [6.07, 6.45) is 2.79. The summed E-state index contributed by atoms with van der Waals surface area (Å²) in [6, 6.07) is 2.40. The summed E-state index contributed by atoms with van der Waals surface area (Å²) in [4.78, 5) is 73.9. The number of aromatic hydroxyl groups is 2. The molecule has 2 rings (SSSR count). The highest BCUT2D eigenvalue weighted by molar-refractivity contribution is 5.73. The number of nitrogens with zero attached hydrogens (tertiary/aromatic N) is 4. The average molecular weight is 783 g/mol. The molecule has 2 heterocycles. The van der Waals surface area contributed by atoms with Gasteiger partial charge in [-0.05, 0) is 108 Å². The van der Waals surface area contributed by atoms with Gasteiger partial charge in [0.2, 0.25) is 11.8 Å². The molecule has 0 radical (unpaired) electrons. The van der Waals surface area contributed by atoms with E-state index in [-0.39, 0.29) is 19.5 Å². The van der Waals surface area contributed by atoms with Gasteiger partial charge in [0.15, 0.2) is 0 Å². The minimum atomic E-state index is -0.859. The van der Waals surface area contributed by atoms with Gasteiger partial charge in [-0.2, -0.15) is 0 Å². The summed E-state index contributed by atoms with van der Waals surface area (Å²) in [5.74, 6) is -2.35. The fourth-order valence-electron chi connectivity index (χ4n) is 6.46. The Labute approximate surface area is 326 Å². The van der Waals surface area contributed by atoms with Crippen molar-refractivity contribution in [1.82, 2.24) is 19.4 Å². The first kappa shape index (κ1) is 47.3. The van der Waals surface area contributed by atoms with Gasteiger partial charge >= 0.3 is 17.9 Å². The molecule has 16 heteroatoms. The highest BCUT2D eigenvalue weighted by Gasteiger charge is 2.42. The molecular formula is C39H66N4O12. The molecule has 1 fully saturated rings. The molecule has 0 aromatic carbocycles. The molecule has 0 saturated carbocycles. The number of hydrogen-bond acceptors (Lipinski definition) is 15. The zero-order valence-electron chi connectivity index (χ0n) is 34.7. The van der Waals surface area contributed by atoms with E-state index in [1.165, 1.54) is 12.1 Å². The van der Waals surface area contributed by atoms with E-state index in [2.05, 4.69) is 9.80 Å². The molecule has 1 saturated heterocycles. The lowest BCUT2D eigenvalue weighted by atomic mass is 9.84. The third-order valence-electron chi connectivity index (χ3n) is 9.34. The Morgan fingerprint density at radius 2 is 1.31 bits per heavy atom. The largest absolute Gasteiger partial charge is 0.492 e. The maximum Gasteiger partial charge on any atom is 0.333 e. The van der Waals surface area contributed by atoms with Crippen molar-refractivity contribution in [3.8, 4) is 11.8 Å². The van der Waals surface area contributed by atoms with Crippen LogP contribution in [0.25, 0.3) is 0 Å². The van der Waals surface area contributed by atoms with E-state index in [0.29, 0.717) is 95.5 Å². The Morgan fingerprint density at radius 1 is 0.764 bits per heavy atom. The topological polar surface area (TPSA) is 187 Å². The van der Waals surface area contributed by atoms with Gasteiger partial charge in [0.1, 0.15) is 22.4 Å². The molecule has 1 unspecified atom stereocenters. The number of ether oxygens (including phenoxy) is 4. The van der Waals surface area contributed by atoms with Crippen LogP contribution in [0.4, 0.5) is 0 Å². The Hall–Kier alpha value is -3.89. The standard InChI is InChI=1S/C39H66N4O12/c1-35(2,3)53-33(49)25-41-24-23-40(20-17-37(7,8)51-28-44)21-19-39(27-41,16-12-11-13-32(48)55-43-30(46)14-15-31(43)47)42(22-18-38(9,10)52-29-45)26-34(50)54-36(4,5)6/h14-15,28-29,46-47H,11-13,16-27H2,1-10H3. The van der Waals surface area contributed by atoms with Crippen molar-refractivity contribution in [2.75, 3.05) is 52.4 Å². The predicted octanol–water partition coefficient (Wildman–Crippen LogP) is 3.83. The zero-order chi connectivity index (χ0) is 41.7. The molecule has 1 aliphatic heterocycles. The van der Waals surface area contributed by atoms with Gasteiger partial charge in [-0.1, -0.05) is 6.42 Å². The van der Waals surface area contributed by atoms with Crippen LogP contribution in [-0.2, 0) is 42.9 Å². The Kier molecular flexibility index (Phi) is 17.5. The van der Waals surface area contributed by atoms with E-state index >= 15 is 0 Å². The Balaban J connectivity index is 2.58. The number of hydrogen-bond donors (Lipinski definition) is 2. The van der Waals surface area contributed by atoms with E-state index in [1.54, 1.807) is 34.6 Å². The minimum Gasteiger partial charge on any atom is -0.492 e. The van der Waals surface area contributed by atoms with E-state index < -0.39 is 57.6 Å². The molecule has 314 valence electrons. The number of unbranched alkanes of at least 4 members (excludes halogenated alkanes) is 1. The first-order valence-electron chi connectivity index (χ1n) is 19.1. The fourth-order valence-corrected chi connectivity index (χ4v) is 6.46. The van der Waals surface area contributed by atoms with E-state index in [1.807, 2.05) is 39.5 Å². The normalized spacial score (nSPS) is 17.9. The number of aromatic nitrogens is 1. The van der Waals surface area contributed by atoms with Crippen LogP contribution in [-0.4, -0.2) is 141 Å². The molecule has 1 aliphatic rings. The lowest BCUT2D eigenvalue weighted by Gasteiger charge is -2.50. The molecule has 0 spiro atoms. The maximum absolute atomic E-state index is 13.6. The second-order valence-electron chi connectivity index (χ2n) is 17.6. The number of esters is 2. The summed E-state index contributed by atoms with van der Waals surface area (Å²) in [5.41, 5.74) is -3.79. The summed E-state index contributed by atoms with van der Waals surface area (Å²) in [5, 5.41) is 19.8. The molecular weight excluding hydrogens is 716 g/mol. The molecule has 16 nitrogen and oxygen atoms in total. The Bertz CT molecular complexity index is 1390. The molecule has 1 atom stereocenters. The van der Waals surface area contributed by atoms with Gasteiger partial charge in [-0.15, -0.1) is 4.73 Å². The van der Waals surface area contributed by atoms with Crippen LogP contribution in [0.3, 0.4) is 0 Å². The SMILES string of the molecule is CC(C)(C)OC(=O)CN1CCN(CCC(C)(C)OC=O)CCC(CCCCC(=O)On2c(O)ccc2O)(N(CCC(C)(C)OC=O)CC(=O)OC(C)(C)C)C1. The minimum absolute atomic E-state index is 0.0111. The van der Waals surface area contributed by atoms with Crippen molar-refractivity contribution in [1.29, 1.82) is 0 Å². The summed E-state index contributed by atoms with van der Waals surface area (Å²) < 4.78 is 22.9. The van der Waals surface area contributed by atoms with Crippen LogP contribution in [0.2, 0.25) is 0 Å². The lowest BCUT2D eigenvalue weighted by Crippen LogP contribution is -2.62. The van der Waals surface area contributed by atoms with Crippen LogP contribution < -0.4 is 4.84 Å². The van der Waals surface area contributed by atoms with Crippen molar-refractivity contribution in [3.63, 3.8) is 0 Å². The predicted molar refractivity (Wildman–Crippen MR) is 203 cm³/mol. The second-order valence-corrected chi connectivity index (χ2v) is 17.6. The first-order valence-corrected chi connectivity index (χ1v) is 19.1. The third-order valence-corrected chi connectivity index (χ3v) is 9.34.